The second-order valence-electron chi connectivity index (χ2n) is 5.02. The van der Waals surface area contributed by atoms with Crippen molar-refractivity contribution in [1.82, 2.24) is 10.2 Å². The molecule has 0 amide bonds. The van der Waals surface area contributed by atoms with Crippen molar-refractivity contribution in [2.24, 2.45) is 0 Å². The molecule has 1 heterocycles. The van der Waals surface area contributed by atoms with Crippen LogP contribution in [0.2, 0.25) is 10.0 Å². The quantitative estimate of drug-likeness (QED) is 0.625. The van der Waals surface area contributed by atoms with Crippen LogP contribution in [0.4, 0.5) is 18.9 Å². The summed E-state index contributed by atoms with van der Waals surface area (Å²) < 4.78 is 44.6. The minimum absolute atomic E-state index is 0.00308. The van der Waals surface area contributed by atoms with Gasteiger partial charge in [-0.25, -0.2) is 0 Å². The summed E-state index contributed by atoms with van der Waals surface area (Å²) in [5, 5.41) is 10.7. The number of benzene rings is 2. The number of alkyl halides is 3. The van der Waals surface area contributed by atoms with Crippen LogP contribution in [0.15, 0.2) is 46.9 Å². The lowest BCUT2D eigenvalue weighted by Crippen LogP contribution is -2.11. The van der Waals surface area contributed by atoms with E-state index in [9.17, 15) is 13.2 Å². The van der Waals surface area contributed by atoms with Gasteiger partial charge in [-0.2, -0.15) is 13.2 Å². The number of halogens is 5. The Balaban J connectivity index is 1.79. The molecule has 0 aliphatic heterocycles. The van der Waals surface area contributed by atoms with E-state index in [4.69, 9.17) is 27.6 Å². The molecule has 2 aromatic carbocycles. The van der Waals surface area contributed by atoms with Gasteiger partial charge in [0.15, 0.2) is 0 Å². The van der Waals surface area contributed by atoms with Gasteiger partial charge < -0.3 is 9.73 Å². The number of nitrogens with zero attached hydrogens (tertiary/aromatic N) is 2. The maximum absolute atomic E-state index is 13.1. The molecule has 0 atom stereocenters. The van der Waals surface area contributed by atoms with E-state index in [-0.39, 0.29) is 29.0 Å². The van der Waals surface area contributed by atoms with Crippen LogP contribution >= 0.6 is 23.2 Å². The van der Waals surface area contributed by atoms with Crippen molar-refractivity contribution in [2.45, 2.75) is 12.7 Å². The summed E-state index contributed by atoms with van der Waals surface area (Å²) in [5.41, 5.74) is -0.453. The number of aromatic nitrogens is 2. The Kier molecular flexibility index (Phi) is 4.87. The summed E-state index contributed by atoms with van der Waals surface area (Å²) in [6.45, 7) is -0.0812. The first-order chi connectivity index (χ1) is 11.8. The molecular formula is C16H10Cl2F3N3O. The Bertz CT molecular complexity index is 896. The molecule has 0 aliphatic rings. The zero-order valence-electron chi connectivity index (χ0n) is 12.4. The van der Waals surface area contributed by atoms with E-state index in [0.29, 0.717) is 10.6 Å². The zero-order chi connectivity index (χ0) is 18.0. The normalized spacial score (nSPS) is 11.6. The Labute approximate surface area is 150 Å². The summed E-state index contributed by atoms with van der Waals surface area (Å²) in [5.74, 6) is 0.313. The average molecular weight is 388 g/mol. The summed E-state index contributed by atoms with van der Waals surface area (Å²) >= 11 is 11.7. The summed E-state index contributed by atoms with van der Waals surface area (Å²) in [6, 6.07) is 10.3. The topological polar surface area (TPSA) is 51.0 Å². The molecule has 1 aromatic heterocycles. The lowest BCUT2D eigenvalue weighted by Gasteiger charge is -2.13. The van der Waals surface area contributed by atoms with Crippen molar-refractivity contribution in [1.29, 1.82) is 0 Å². The van der Waals surface area contributed by atoms with Crippen molar-refractivity contribution < 1.29 is 17.6 Å². The Morgan fingerprint density at radius 3 is 2.52 bits per heavy atom. The van der Waals surface area contributed by atoms with Gasteiger partial charge in [0.1, 0.15) is 0 Å². The number of rotatable bonds is 4. The molecule has 3 aromatic rings. The van der Waals surface area contributed by atoms with E-state index in [0.717, 1.165) is 6.07 Å². The van der Waals surface area contributed by atoms with E-state index >= 15 is 0 Å². The Morgan fingerprint density at radius 1 is 1.04 bits per heavy atom. The van der Waals surface area contributed by atoms with E-state index in [2.05, 4.69) is 15.5 Å². The number of nitrogens with one attached hydrogen (secondary N) is 1. The third-order valence-corrected chi connectivity index (χ3v) is 3.85. The fraction of sp³-hybridized carbons (Fsp3) is 0.125. The van der Waals surface area contributed by atoms with Gasteiger partial charge in [0, 0.05) is 10.7 Å². The molecule has 9 heteroatoms. The van der Waals surface area contributed by atoms with Gasteiger partial charge in [-0.3, -0.25) is 0 Å². The maximum atomic E-state index is 13.1. The summed E-state index contributed by atoms with van der Waals surface area (Å²) in [7, 11) is 0. The standard InChI is InChI=1S/C16H10Cl2F3N3O/c17-9-5-6-13(11(7-9)16(19,20)21)22-8-14-23-24-15(25-14)10-3-1-2-4-12(10)18/h1-7,22H,8H2. The molecule has 25 heavy (non-hydrogen) atoms. The van der Waals surface area contributed by atoms with Crippen LogP contribution in [0, 0.1) is 0 Å². The lowest BCUT2D eigenvalue weighted by atomic mass is 10.1. The molecule has 0 saturated carbocycles. The molecule has 0 aliphatic carbocycles. The Morgan fingerprint density at radius 2 is 1.80 bits per heavy atom. The van der Waals surface area contributed by atoms with Crippen LogP contribution in [-0.2, 0) is 12.7 Å². The molecule has 0 spiro atoms. The van der Waals surface area contributed by atoms with Gasteiger partial charge in [-0.05, 0) is 30.3 Å². The predicted octanol–water partition coefficient (Wildman–Crippen LogP) is 5.67. The molecule has 0 radical (unpaired) electrons. The zero-order valence-corrected chi connectivity index (χ0v) is 14.0. The SMILES string of the molecule is FC(F)(F)c1cc(Cl)ccc1NCc1nnc(-c2ccccc2Cl)o1. The predicted molar refractivity (Wildman–Crippen MR) is 88.5 cm³/mol. The molecule has 0 bridgehead atoms. The largest absolute Gasteiger partial charge is 0.419 e. The molecule has 0 saturated heterocycles. The van der Waals surface area contributed by atoms with Crippen LogP contribution < -0.4 is 5.32 Å². The monoisotopic (exact) mass is 387 g/mol. The highest BCUT2D eigenvalue weighted by molar-refractivity contribution is 6.33. The maximum Gasteiger partial charge on any atom is 0.418 e. The van der Waals surface area contributed by atoms with Gasteiger partial charge in [0.25, 0.3) is 0 Å². The van der Waals surface area contributed by atoms with Gasteiger partial charge in [0.05, 0.1) is 22.7 Å². The van der Waals surface area contributed by atoms with Crippen molar-refractivity contribution in [3.8, 4) is 11.5 Å². The van der Waals surface area contributed by atoms with E-state index in [1.54, 1.807) is 24.3 Å². The van der Waals surface area contributed by atoms with Crippen LogP contribution in [0.5, 0.6) is 0 Å². The van der Waals surface area contributed by atoms with Gasteiger partial charge in [-0.15, -0.1) is 10.2 Å². The minimum atomic E-state index is -4.54. The van der Waals surface area contributed by atoms with Gasteiger partial charge >= 0.3 is 6.18 Å². The van der Waals surface area contributed by atoms with Gasteiger partial charge in [-0.1, -0.05) is 35.3 Å². The smallest absolute Gasteiger partial charge is 0.418 e. The molecule has 0 fully saturated rings. The van der Waals surface area contributed by atoms with E-state index in [1.165, 1.54) is 12.1 Å². The van der Waals surface area contributed by atoms with Crippen LogP contribution in [0.3, 0.4) is 0 Å². The number of hydrogen-bond donors (Lipinski definition) is 1. The number of hydrogen-bond acceptors (Lipinski definition) is 4. The lowest BCUT2D eigenvalue weighted by molar-refractivity contribution is -0.137. The Hall–Kier alpha value is -2.25. The third kappa shape index (κ3) is 4.05. The molecule has 0 unspecified atom stereocenters. The van der Waals surface area contributed by atoms with Gasteiger partial charge in [0.2, 0.25) is 11.8 Å². The highest BCUT2D eigenvalue weighted by Crippen LogP contribution is 2.36. The number of anilines is 1. The second kappa shape index (κ2) is 6.93. The first-order valence-corrected chi connectivity index (χ1v) is 7.78. The second-order valence-corrected chi connectivity index (χ2v) is 5.87. The third-order valence-electron chi connectivity index (χ3n) is 3.29. The summed E-state index contributed by atoms with van der Waals surface area (Å²) in [6.07, 6.45) is -4.54. The fourth-order valence-electron chi connectivity index (χ4n) is 2.14. The molecule has 3 rings (SSSR count). The van der Waals surface area contributed by atoms with E-state index < -0.39 is 11.7 Å². The molecule has 130 valence electrons. The van der Waals surface area contributed by atoms with Crippen molar-refractivity contribution in [2.75, 3.05) is 5.32 Å². The van der Waals surface area contributed by atoms with Crippen LogP contribution in [-0.4, -0.2) is 10.2 Å². The average Bonchev–Trinajstić information content (AvgIpc) is 3.02. The van der Waals surface area contributed by atoms with Crippen molar-refractivity contribution in [3.05, 3.63) is 64.0 Å². The fourth-order valence-corrected chi connectivity index (χ4v) is 2.53. The highest BCUT2D eigenvalue weighted by Gasteiger charge is 2.33. The van der Waals surface area contributed by atoms with Crippen LogP contribution in [0.1, 0.15) is 11.5 Å². The molecule has 4 nitrogen and oxygen atoms in total. The van der Waals surface area contributed by atoms with Crippen molar-refractivity contribution in [3.63, 3.8) is 0 Å². The summed E-state index contributed by atoms with van der Waals surface area (Å²) in [4.78, 5) is 0. The van der Waals surface area contributed by atoms with Crippen LogP contribution in [0.25, 0.3) is 11.5 Å². The van der Waals surface area contributed by atoms with Crippen molar-refractivity contribution >= 4 is 28.9 Å². The highest BCUT2D eigenvalue weighted by atomic mass is 35.5. The first-order valence-electron chi connectivity index (χ1n) is 7.02. The minimum Gasteiger partial charge on any atom is -0.419 e. The first kappa shape index (κ1) is 17.6. The molecular weight excluding hydrogens is 378 g/mol. The van der Waals surface area contributed by atoms with E-state index in [1.807, 2.05) is 0 Å². The molecule has 1 N–H and O–H groups in total.